The summed E-state index contributed by atoms with van der Waals surface area (Å²) in [6.45, 7) is 1.63. The largest absolute Gasteiger partial charge is 0.481 e. The SMILES string of the molecule is CC(CC(=O)O)NC(=O)c1cccc(NC(=O)CCCc2cccs2)c1. The van der Waals surface area contributed by atoms with E-state index < -0.39 is 12.0 Å². The first-order chi connectivity index (χ1) is 12.4. The molecule has 2 rings (SSSR count). The second-order valence-corrected chi connectivity index (χ2v) is 7.07. The van der Waals surface area contributed by atoms with Crippen molar-refractivity contribution in [3.05, 3.63) is 52.2 Å². The van der Waals surface area contributed by atoms with Gasteiger partial charge in [0.2, 0.25) is 5.91 Å². The third-order valence-corrected chi connectivity index (χ3v) is 4.61. The Morgan fingerprint density at radius 1 is 1.19 bits per heavy atom. The summed E-state index contributed by atoms with van der Waals surface area (Å²) in [7, 11) is 0. The zero-order valence-electron chi connectivity index (χ0n) is 14.5. The molecule has 0 spiro atoms. The molecule has 0 bridgehead atoms. The number of benzene rings is 1. The van der Waals surface area contributed by atoms with Gasteiger partial charge in [-0.1, -0.05) is 12.1 Å². The molecule has 1 atom stereocenters. The summed E-state index contributed by atoms with van der Waals surface area (Å²) in [6, 6.07) is 10.2. The molecule has 0 radical (unpaired) electrons. The van der Waals surface area contributed by atoms with Crippen molar-refractivity contribution in [1.29, 1.82) is 0 Å². The fraction of sp³-hybridized carbons (Fsp3) is 0.316. The first kappa shape index (κ1) is 19.7. The van der Waals surface area contributed by atoms with Crippen LogP contribution in [0.3, 0.4) is 0 Å². The summed E-state index contributed by atoms with van der Waals surface area (Å²) >= 11 is 1.68. The highest BCUT2D eigenvalue weighted by Crippen LogP contribution is 2.14. The Hall–Kier alpha value is -2.67. The van der Waals surface area contributed by atoms with Crippen LogP contribution in [0, 0.1) is 0 Å². The van der Waals surface area contributed by atoms with E-state index in [0.29, 0.717) is 17.7 Å². The summed E-state index contributed by atoms with van der Waals surface area (Å²) in [5, 5.41) is 16.2. The molecule has 1 heterocycles. The zero-order valence-corrected chi connectivity index (χ0v) is 15.3. The Bertz CT molecular complexity index is 759. The quantitative estimate of drug-likeness (QED) is 0.627. The minimum Gasteiger partial charge on any atom is -0.481 e. The molecule has 138 valence electrons. The van der Waals surface area contributed by atoms with Gasteiger partial charge in [-0.25, -0.2) is 0 Å². The molecule has 0 aliphatic carbocycles. The average Bonchev–Trinajstić information content (AvgIpc) is 3.07. The predicted molar refractivity (Wildman–Crippen MR) is 102 cm³/mol. The van der Waals surface area contributed by atoms with Crippen LogP contribution in [0.15, 0.2) is 41.8 Å². The fourth-order valence-electron chi connectivity index (χ4n) is 2.46. The highest BCUT2D eigenvalue weighted by atomic mass is 32.1. The molecule has 0 aliphatic rings. The van der Waals surface area contributed by atoms with Crippen LogP contribution in [0.1, 0.15) is 41.4 Å². The van der Waals surface area contributed by atoms with Crippen molar-refractivity contribution in [3.63, 3.8) is 0 Å². The Morgan fingerprint density at radius 2 is 2.00 bits per heavy atom. The number of hydrogen-bond donors (Lipinski definition) is 3. The van der Waals surface area contributed by atoms with Crippen LogP contribution >= 0.6 is 11.3 Å². The zero-order chi connectivity index (χ0) is 18.9. The van der Waals surface area contributed by atoms with E-state index in [0.717, 1.165) is 12.8 Å². The van der Waals surface area contributed by atoms with E-state index in [1.807, 2.05) is 11.4 Å². The van der Waals surface area contributed by atoms with Gasteiger partial charge in [-0.15, -0.1) is 11.3 Å². The summed E-state index contributed by atoms with van der Waals surface area (Å²) in [5.74, 6) is -1.44. The predicted octanol–water partition coefficient (Wildman–Crippen LogP) is 3.30. The van der Waals surface area contributed by atoms with E-state index in [-0.39, 0.29) is 18.2 Å². The topological polar surface area (TPSA) is 95.5 Å². The van der Waals surface area contributed by atoms with Crippen molar-refractivity contribution in [2.45, 2.75) is 38.6 Å². The van der Waals surface area contributed by atoms with Crippen molar-refractivity contribution >= 4 is 34.8 Å². The molecule has 2 aromatic rings. The maximum absolute atomic E-state index is 12.2. The van der Waals surface area contributed by atoms with Gasteiger partial charge in [0.25, 0.3) is 5.91 Å². The number of aryl methyl sites for hydroxylation is 1. The summed E-state index contributed by atoms with van der Waals surface area (Å²) < 4.78 is 0. The van der Waals surface area contributed by atoms with Crippen LogP contribution in [-0.4, -0.2) is 28.9 Å². The number of rotatable bonds is 9. The number of carbonyl (C=O) groups excluding carboxylic acids is 2. The Kier molecular flexibility index (Phi) is 7.35. The van der Waals surface area contributed by atoms with E-state index in [2.05, 4.69) is 16.7 Å². The Labute approximate surface area is 156 Å². The standard InChI is InChI=1S/C19H22N2O4S/c1-13(11-18(23)24)20-19(25)14-5-2-6-15(12-14)21-17(22)9-3-7-16-8-4-10-26-16/h2,4-6,8,10,12-13H,3,7,9,11H2,1H3,(H,20,25)(H,21,22)(H,23,24). The number of amides is 2. The lowest BCUT2D eigenvalue weighted by Gasteiger charge is -2.12. The van der Waals surface area contributed by atoms with E-state index in [1.54, 1.807) is 42.5 Å². The number of carboxylic acid groups (broad SMARTS) is 1. The average molecular weight is 374 g/mol. The molecular formula is C19H22N2O4S. The van der Waals surface area contributed by atoms with Gasteiger partial charge in [-0.2, -0.15) is 0 Å². The molecule has 2 amide bonds. The number of hydrogen-bond acceptors (Lipinski definition) is 4. The Balaban J connectivity index is 1.84. The van der Waals surface area contributed by atoms with E-state index >= 15 is 0 Å². The molecule has 1 aromatic carbocycles. The molecule has 0 aliphatic heterocycles. The number of carboxylic acids is 1. The Morgan fingerprint density at radius 3 is 2.69 bits per heavy atom. The normalized spacial score (nSPS) is 11.6. The monoisotopic (exact) mass is 374 g/mol. The second kappa shape index (κ2) is 9.72. The molecule has 1 aromatic heterocycles. The number of anilines is 1. The van der Waals surface area contributed by atoms with Crippen molar-refractivity contribution in [3.8, 4) is 0 Å². The van der Waals surface area contributed by atoms with Gasteiger partial charge in [0, 0.05) is 28.6 Å². The number of aliphatic carboxylic acids is 1. The number of nitrogens with one attached hydrogen (secondary N) is 2. The third-order valence-electron chi connectivity index (χ3n) is 3.67. The lowest BCUT2D eigenvalue weighted by molar-refractivity contribution is -0.137. The summed E-state index contributed by atoms with van der Waals surface area (Å²) in [5.41, 5.74) is 0.920. The lowest BCUT2D eigenvalue weighted by atomic mass is 10.1. The van der Waals surface area contributed by atoms with E-state index in [9.17, 15) is 14.4 Å². The van der Waals surface area contributed by atoms with Gasteiger partial charge < -0.3 is 15.7 Å². The highest BCUT2D eigenvalue weighted by Gasteiger charge is 2.13. The van der Waals surface area contributed by atoms with Crippen LogP contribution in [0.25, 0.3) is 0 Å². The van der Waals surface area contributed by atoms with Gasteiger partial charge in [-0.05, 0) is 49.4 Å². The van der Waals surface area contributed by atoms with E-state index in [4.69, 9.17) is 5.11 Å². The van der Waals surface area contributed by atoms with Crippen LogP contribution in [0.5, 0.6) is 0 Å². The third kappa shape index (κ3) is 6.68. The second-order valence-electron chi connectivity index (χ2n) is 6.03. The van der Waals surface area contributed by atoms with Crippen LogP contribution in [0.4, 0.5) is 5.69 Å². The summed E-state index contributed by atoms with van der Waals surface area (Å²) in [6.07, 6.45) is 1.89. The number of thiophene rings is 1. The maximum Gasteiger partial charge on any atom is 0.305 e. The fourth-order valence-corrected chi connectivity index (χ4v) is 3.21. The molecule has 1 unspecified atom stereocenters. The molecule has 3 N–H and O–H groups in total. The lowest BCUT2D eigenvalue weighted by Crippen LogP contribution is -2.34. The van der Waals surface area contributed by atoms with E-state index in [1.165, 1.54) is 4.88 Å². The van der Waals surface area contributed by atoms with Crippen molar-refractivity contribution in [1.82, 2.24) is 5.32 Å². The van der Waals surface area contributed by atoms with Gasteiger partial charge in [0.05, 0.1) is 6.42 Å². The van der Waals surface area contributed by atoms with Crippen LogP contribution in [0.2, 0.25) is 0 Å². The van der Waals surface area contributed by atoms with Gasteiger partial charge in [0.1, 0.15) is 0 Å². The van der Waals surface area contributed by atoms with Gasteiger partial charge in [-0.3, -0.25) is 14.4 Å². The molecule has 26 heavy (non-hydrogen) atoms. The van der Waals surface area contributed by atoms with Gasteiger partial charge in [0.15, 0.2) is 0 Å². The smallest absolute Gasteiger partial charge is 0.305 e. The first-order valence-electron chi connectivity index (χ1n) is 8.39. The van der Waals surface area contributed by atoms with Crippen molar-refractivity contribution in [2.24, 2.45) is 0 Å². The minimum atomic E-state index is -0.971. The highest BCUT2D eigenvalue weighted by molar-refractivity contribution is 7.09. The molecular weight excluding hydrogens is 352 g/mol. The summed E-state index contributed by atoms with van der Waals surface area (Å²) in [4.78, 5) is 36.1. The van der Waals surface area contributed by atoms with Crippen molar-refractivity contribution < 1.29 is 19.5 Å². The molecule has 0 saturated heterocycles. The molecule has 7 heteroatoms. The number of carbonyl (C=O) groups is 3. The minimum absolute atomic E-state index is 0.0987. The maximum atomic E-state index is 12.2. The van der Waals surface area contributed by atoms with Crippen molar-refractivity contribution in [2.75, 3.05) is 5.32 Å². The first-order valence-corrected chi connectivity index (χ1v) is 9.27. The molecule has 0 fully saturated rings. The van der Waals surface area contributed by atoms with Gasteiger partial charge >= 0.3 is 5.97 Å². The molecule has 6 nitrogen and oxygen atoms in total. The van der Waals surface area contributed by atoms with Crippen LogP contribution < -0.4 is 10.6 Å². The molecule has 0 saturated carbocycles. The van der Waals surface area contributed by atoms with Crippen LogP contribution in [-0.2, 0) is 16.0 Å².